The van der Waals surface area contributed by atoms with Crippen molar-refractivity contribution in [3.8, 4) is 0 Å². The minimum atomic E-state index is 0.572. The van der Waals surface area contributed by atoms with Crippen LogP contribution in [0.2, 0.25) is 5.15 Å². The number of rotatable bonds is 2. The summed E-state index contributed by atoms with van der Waals surface area (Å²) in [5.74, 6) is 0.926. The first-order chi connectivity index (χ1) is 8.76. The molecule has 0 aliphatic heterocycles. The molecule has 2 aliphatic rings. The normalized spacial score (nSPS) is 23.4. The molecule has 0 unspecified atom stereocenters. The molecule has 1 heterocycles. The van der Waals surface area contributed by atoms with Crippen LogP contribution in [0.3, 0.4) is 0 Å². The molecular formula is C15H21ClN2. The van der Waals surface area contributed by atoms with Gasteiger partial charge in [-0.3, -0.25) is 0 Å². The zero-order chi connectivity index (χ0) is 12.4. The van der Waals surface area contributed by atoms with E-state index in [1.807, 2.05) is 18.2 Å². The van der Waals surface area contributed by atoms with Gasteiger partial charge < -0.3 is 5.32 Å². The fourth-order valence-corrected chi connectivity index (χ4v) is 3.86. The zero-order valence-electron chi connectivity index (χ0n) is 10.8. The van der Waals surface area contributed by atoms with Crippen LogP contribution in [0.5, 0.6) is 0 Å². The van der Waals surface area contributed by atoms with Crippen molar-refractivity contribution >= 4 is 17.4 Å². The van der Waals surface area contributed by atoms with Gasteiger partial charge in [-0.05, 0) is 56.1 Å². The first-order valence-electron chi connectivity index (χ1n) is 7.15. The summed E-state index contributed by atoms with van der Waals surface area (Å²) in [7, 11) is 0. The molecule has 0 bridgehead atoms. The summed E-state index contributed by atoms with van der Waals surface area (Å²) in [6.07, 6.45) is 11.2. The molecule has 98 valence electrons. The van der Waals surface area contributed by atoms with E-state index in [9.17, 15) is 0 Å². The fraction of sp³-hybridized carbons (Fsp3) is 0.667. The van der Waals surface area contributed by atoms with E-state index in [0.717, 1.165) is 5.82 Å². The third kappa shape index (κ3) is 2.64. The molecule has 2 nitrogen and oxygen atoms in total. The van der Waals surface area contributed by atoms with Gasteiger partial charge in [0.1, 0.15) is 11.0 Å². The van der Waals surface area contributed by atoms with E-state index in [0.29, 0.717) is 16.6 Å². The first kappa shape index (κ1) is 12.3. The van der Waals surface area contributed by atoms with Crippen LogP contribution >= 0.6 is 11.6 Å². The van der Waals surface area contributed by atoms with E-state index in [1.54, 1.807) is 0 Å². The average Bonchev–Trinajstić information content (AvgIpc) is 2.81. The van der Waals surface area contributed by atoms with Crippen LogP contribution in [-0.4, -0.2) is 11.0 Å². The molecule has 0 amide bonds. The third-order valence-corrected chi connectivity index (χ3v) is 4.99. The van der Waals surface area contributed by atoms with Crippen molar-refractivity contribution in [1.29, 1.82) is 0 Å². The Morgan fingerprint density at radius 1 is 1.11 bits per heavy atom. The number of hydrogen-bond acceptors (Lipinski definition) is 2. The Bertz CT molecular complexity index is 403. The van der Waals surface area contributed by atoms with Crippen molar-refractivity contribution in [3.63, 3.8) is 0 Å². The number of hydrogen-bond donors (Lipinski definition) is 1. The maximum atomic E-state index is 5.91. The molecule has 1 N–H and O–H groups in total. The summed E-state index contributed by atoms with van der Waals surface area (Å²) < 4.78 is 0. The molecule has 18 heavy (non-hydrogen) atoms. The van der Waals surface area contributed by atoms with E-state index in [-0.39, 0.29) is 0 Å². The Balaban J connectivity index is 1.57. The Kier molecular flexibility index (Phi) is 3.47. The number of halogens is 1. The SMILES string of the molecule is Clc1cccc(NC2CCC3(CCCC3)CC2)n1. The highest BCUT2D eigenvalue weighted by molar-refractivity contribution is 6.29. The van der Waals surface area contributed by atoms with Gasteiger partial charge >= 0.3 is 0 Å². The van der Waals surface area contributed by atoms with Crippen LogP contribution < -0.4 is 5.32 Å². The molecule has 0 saturated heterocycles. The van der Waals surface area contributed by atoms with Crippen molar-refractivity contribution in [2.75, 3.05) is 5.32 Å². The molecule has 3 heteroatoms. The number of aromatic nitrogens is 1. The van der Waals surface area contributed by atoms with Gasteiger partial charge in [0.25, 0.3) is 0 Å². The van der Waals surface area contributed by atoms with E-state index in [1.165, 1.54) is 51.4 Å². The second-order valence-electron chi connectivity index (χ2n) is 5.97. The quantitative estimate of drug-likeness (QED) is 0.787. The molecule has 0 atom stereocenters. The lowest BCUT2D eigenvalue weighted by molar-refractivity contribution is 0.188. The van der Waals surface area contributed by atoms with Crippen LogP contribution in [0.15, 0.2) is 18.2 Å². The number of nitrogens with zero attached hydrogens (tertiary/aromatic N) is 1. The third-order valence-electron chi connectivity index (χ3n) is 4.78. The van der Waals surface area contributed by atoms with Crippen molar-refractivity contribution in [2.45, 2.75) is 57.4 Å². The highest BCUT2D eigenvalue weighted by atomic mass is 35.5. The van der Waals surface area contributed by atoms with Gasteiger partial charge in [-0.2, -0.15) is 0 Å². The molecule has 2 aliphatic carbocycles. The summed E-state index contributed by atoms with van der Waals surface area (Å²) >= 11 is 5.91. The minimum Gasteiger partial charge on any atom is -0.367 e. The maximum Gasteiger partial charge on any atom is 0.131 e. The predicted octanol–water partition coefficient (Wildman–Crippen LogP) is 4.65. The summed E-state index contributed by atoms with van der Waals surface area (Å²) in [5.41, 5.74) is 0.708. The van der Waals surface area contributed by atoms with Crippen LogP contribution in [-0.2, 0) is 0 Å². The van der Waals surface area contributed by atoms with Gasteiger partial charge in [-0.25, -0.2) is 4.98 Å². The highest BCUT2D eigenvalue weighted by Gasteiger charge is 2.37. The molecule has 1 aromatic heterocycles. The lowest BCUT2D eigenvalue weighted by Crippen LogP contribution is -2.31. The van der Waals surface area contributed by atoms with Crippen molar-refractivity contribution in [2.24, 2.45) is 5.41 Å². The van der Waals surface area contributed by atoms with E-state index in [4.69, 9.17) is 11.6 Å². The Labute approximate surface area is 114 Å². The number of nitrogens with one attached hydrogen (secondary N) is 1. The molecular weight excluding hydrogens is 244 g/mol. The molecule has 0 aromatic carbocycles. The summed E-state index contributed by atoms with van der Waals surface area (Å²) in [4.78, 5) is 4.31. The molecule has 2 saturated carbocycles. The molecule has 3 rings (SSSR count). The van der Waals surface area contributed by atoms with Crippen molar-refractivity contribution in [3.05, 3.63) is 23.4 Å². The van der Waals surface area contributed by atoms with Gasteiger partial charge in [-0.15, -0.1) is 0 Å². The first-order valence-corrected chi connectivity index (χ1v) is 7.53. The molecule has 0 radical (unpaired) electrons. The highest BCUT2D eigenvalue weighted by Crippen LogP contribution is 2.49. The van der Waals surface area contributed by atoms with Crippen LogP contribution in [0, 0.1) is 5.41 Å². The fourth-order valence-electron chi connectivity index (χ4n) is 3.70. The van der Waals surface area contributed by atoms with E-state index in [2.05, 4.69) is 10.3 Å². The Morgan fingerprint density at radius 3 is 2.50 bits per heavy atom. The standard InChI is InChI=1S/C15H21ClN2/c16-13-4-3-5-14(18-13)17-12-6-10-15(11-7-12)8-1-2-9-15/h3-5,12H,1-2,6-11H2,(H,17,18). The minimum absolute atomic E-state index is 0.572. The monoisotopic (exact) mass is 264 g/mol. The van der Waals surface area contributed by atoms with Crippen molar-refractivity contribution < 1.29 is 0 Å². The van der Waals surface area contributed by atoms with Gasteiger partial charge in [0.15, 0.2) is 0 Å². The van der Waals surface area contributed by atoms with E-state index < -0.39 is 0 Å². The Hall–Kier alpha value is -0.760. The van der Waals surface area contributed by atoms with Crippen molar-refractivity contribution in [1.82, 2.24) is 4.98 Å². The zero-order valence-corrected chi connectivity index (χ0v) is 11.5. The lowest BCUT2D eigenvalue weighted by atomic mass is 9.71. The summed E-state index contributed by atoms with van der Waals surface area (Å²) in [6.45, 7) is 0. The predicted molar refractivity (Wildman–Crippen MR) is 76.0 cm³/mol. The molecule has 1 aromatic rings. The summed E-state index contributed by atoms with van der Waals surface area (Å²) in [5, 5.41) is 4.10. The van der Waals surface area contributed by atoms with Crippen LogP contribution in [0.4, 0.5) is 5.82 Å². The van der Waals surface area contributed by atoms with Gasteiger partial charge in [0.2, 0.25) is 0 Å². The maximum absolute atomic E-state index is 5.91. The summed E-state index contributed by atoms with van der Waals surface area (Å²) in [6, 6.07) is 6.37. The van der Waals surface area contributed by atoms with Crippen LogP contribution in [0.25, 0.3) is 0 Å². The van der Waals surface area contributed by atoms with Gasteiger partial charge in [0, 0.05) is 6.04 Å². The second-order valence-corrected chi connectivity index (χ2v) is 6.36. The Morgan fingerprint density at radius 2 is 1.83 bits per heavy atom. The number of pyridine rings is 1. The smallest absolute Gasteiger partial charge is 0.131 e. The number of anilines is 1. The van der Waals surface area contributed by atoms with E-state index >= 15 is 0 Å². The molecule has 2 fully saturated rings. The molecule has 1 spiro atoms. The second kappa shape index (κ2) is 5.08. The topological polar surface area (TPSA) is 24.9 Å². The van der Waals surface area contributed by atoms with Gasteiger partial charge in [-0.1, -0.05) is 30.5 Å². The van der Waals surface area contributed by atoms with Crippen LogP contribution in [0.1, 0.15) is 51.4 Å². The largest absolute Gasteiger partial charge is 0.367 e. The van der Waals surface area contributed by atoms with Gasteiger partial charge in [0.05, 0.1) is 0 Å². The average molecular weight is 265 g/mol. The lowest BCUT2D eigenvalue weighted by Gasteiger charge is -2.37.